The molecule has 12 rings (SSSR count). The van der Waals surface area contributed by atoms with E-state index in [9.17, 15) is 9.59 Å². The number of morpholine rings is 1. The van der Waals surface area contributed by atoms with Crippen molar-refractivity contribution in [2.75, 3.05) is 66.4 Å². The minimum absolute atomic E-state index is 0.0218. The van der Waals surface area contributed by atoms with Gasteiger partial charge in [0.15, 0.2) is 6.10 Å². The number of carbonyl (C=O) groups is 3. The first-order valence-electron chi connectivity index (χ1n) is 25.7. The number of ether oxygens (including phenoxy) is 6. The van der Waals surface area contributed by atoms with Gasteiger partial charge in [0.2, 0.25) is 0 Å². The van der Waals surface area contributed by atoms with E-state index < -0.39 is 47.6 Å². The molecule has 18 nitrogen and oxygen atoms in total. The molecule has 1 aromatic carbocycles. The van der Waals surface area contributed by atoms with Crippen molar-refractivity contribution >= 4 is 40.0 Å². The third-order valence-electron chi connectivity index (χ3n) is 15.3. The Hall–Kier alpha value is -5.95. The highest BCUT2D eigenvalue weighted by Crippen LogP contribution is 2.44. The van der Waals surface area contributed by atoms with Crippen molar-refractivity contribution in [1.29, 1.82) is 0 Å². The number of carbonyl (C=O) groups excluding carboxylic acids is 3. The van der Waals surface area contributed by atoms with Crippen molar-refractivity contribution in [3.8, 4) is 34.4 Å². The smallest absolute Gasteiger partial charge is 0.325 e. The maximum atomic E-state index is 15.3. The summed E-state index contributed by atoms with van der Waals surface area (Å²) in [5.41, 5.74) is 10.9. The van der Waals surface area contributed by atoms with Gasteiger partial charge < -0.3 is 38.3 Å². The molecule has 19 heteroatoms. The summed E-state index contributed by atoms with van der Waals surface area (Å²) in [7, 11) is 1.68. The molecule has 6 fully saturated rings. The molecule has 0 radical (unpaired) electrons. The third-order valence-corrected chi connectivity index (χ3v) is 16.2. The normalized spacial score (nSPS) is 25.7. The van der Waals surface area contributed by atoms with Gasteiger partial charge in [0.05, 0.1) is 73.9 Å². The van der Waals surface area contributed by atoms with Crippen molar-refractivity contribution in [3.63, 3.8) is 0 Å². The number of hydrogen-bond donors (Lipinski definition) is 2. The van der Waals surface area contributed by atoms with Crippen molar-refractivity contribution in [1.82, 2.24) is 45.2 Å². The second-order valence-corrected chi connectivity index (χ2v) is 21.8. The second-order valence-electron chi connectivity index (χ2n) is 21.0. The highest BCUT2D eigenvalue weighted by Gasteiger charge is 2.53. The zero-order valence-corrected chi connectivity index (χ0v) is 43.2. The average Bonchev–Trinajstić information content (AvgIpc) is 4.02. The quantitative estimate of drug-likeness (QED) is 0.103. The lowest BCUT2D eigenvalue weighted by molar-refractivity contribution is -0.172. The number of fused-ring (bicyclic) bond motifs is 4. The molecular weight excluding hydrogens is 963 g/mol. The van der Waals surface area contributed by atoms with Crippen LogP contribution in [0, 0.1) is 23.2 Å². The van der Waals surface area contributed by atoms with Gasteiger partial charge in [0.25, 0.3) is 11.8 Å². The van der Waals surface area contributed by atoms with Crippen LogP contribution in [-0.2, 0) is 55.8 Å². The van der Waals surface area contributed by atoms with Crippen LogP contribution in [0.5, 0.6) is 0 Å². The number of thiazole rings is 1. The van der Waals surface area contributed by atoms with Crippen LogP contribution in [0.25, 0.3) is 33.4 Å². The van der Waals surface area contributed by atoms with E-state index in [4.69, 9.17) is 38.4 Å². The Kier molecular flexibility index (Phi) is 14.5. The third kappa shape index (κ3) is 10.1. The van der Waals surface area contributed by atoms with E-state index in [0.29, 0.717) is 93.6 Å². The number of methoxy groups -OCH3 is 1. The molecule has 1 saturated carbocycles. The number of esters is 1. The lowest BCUT2D eigenvalue weighted by atomic mass is 9.73. The van der Waals surface area contributed by atoms with Gasteiger partial charge in [-0.25, -0.2) is 20.4 Å². The van der Waals surface area contributed by atoms with E-state index in [2.05, 4.69) is 86.7 Å². The van der Waals surface area contributed by atoms with Crippen molar-refractivity contribution in [2.45, 2.75) is 102 Å². The molecule has 74 heavy (non-hydrogen) atoms. The number of hydrogen-bond acceptors (Lipinski definition) is 16. The van der Waals surface area contributed by atoms with Crippen LogP contribution in [0.15, 0.2) is 66.7 Å². The molecule has 2 amide bonds. The number of cyclic esters (lactones) is 1. The average molecular weight is 1030 g/mol. The Labute approximate surface area is 434 Å². The van der Waals surface area contributed by atoms with E-state index in [0.717, 1.165) is 57.5 Å². The minimum Gasteiger partial charge on any atom is -0.464 e. The second kappa shape index (κ2) is 21.4. The van der Waals surface area contributed by atoms with Crippen LogP contribution in [0.4, 0.5) is 0 Å². The van der Waals surface area contributed by atoms with E-state index in [1.807, 2.05) is 12.3 Å². The number of nitrogens with zero attached hydrogens (tertiary/aromatic N) is 7. The summed E-state index contributed by atoms with van der Waals surface area (Å²) in [4.78, 5) is 64.8. The number of nitrogens with one attached hydrogen (secondary N) is 2. The molecule has 388 valence electrons. The maximum Gasteiger partial charge on any atom is 0.325 e. The molecule has 0 spiro atoms. The first kappa shape index (κ1) is 50.2. The summed E-state index contributed by atoms with van der Waals surface area (Å²) in [6.45, 7) is 14.8. The molecule has 4 aromatic heterocycles. The van der Waals surface area contributed by atoms with Crippen LogP contribution >= 0.6 is 11.3 Å². The van der Waals surface area contributed by atoms with E-state index >= 15 is 4.79 Å². The van der Waals surface area contributed by atoms with Crippen molar-refractivity contribution < 1.29 is 42.8 Å². The van der Waals surface area contributed by atoms with Gasteiger partial charge in [-0.1, -0.05) is 38.3 Å². The fourth-order valence-electron chi connectivity index (χ4n) is 11.1. The Balaban J connectivity index is 1.09. The first-order valence-corrected chi connectivity index (χ1v) is 26.6. The van der Waals surface area contributed by atoms with Crippen LogP contribution in [0.2, 0.25) is 0 Å². The summed E-state index contributed by atoms with van der Waals surface area (Å²) in [6.07, 6.45) is 8.83. The standard InChI is InChI=1S/C55H63N9O9S/c1-32-28-72-50(32)51(65)60-47-49(62-12-17-70-18-13-62)52-59-43(29-74-52)36-8-9-44-40(23-36)42(24-55(3,4)30-73-54(67)46-37-21-38(22-37)64(61-46)53(47)66)48(63(44)14-19-71-39-10-15-69-16-11-39)41-20-34(27-58-45(41)33(2)68-5)6-7-35-25-56-31-57-26-35/h8-9,20,23,25-27,29,31,33,37-39,46-47,49-50,61H,1,10-19,21-22,24,28,30H2,2-5H3,(H,60,65)/t33-,37?,38?,46-,47-,49-,50-/m0/s1. The molecule has 5 saturated heterocycles. The maximum absolute atomic E-state index is 15.3. The Bertz CT molecular complexity index is 2990. The summed E-state index contributed by atoms with van der Waals surface area (Å²) in [5, 5.41) is 8.36. The molecule has 5 atom stereocenters. The monoisotopic (exact) mass is 1030 g/mol. The zero-order valence-electron chi connectivity index (χ0n) is 42.3. The SMILES string of the molecule is C=C1CO[C@@H]1C(=O)N[C@@H]1C(=O)N2N[C@H](C(=O)OCC(C)(C)Cc3c(-c4cc(C#Cc5cncnc5)cnc4[C@H](C)OC)n(CCOC4CCOCC4)c4ccc(cc34)-c3csc(n3)[C@H]1N1CCOCC1)C1CC2C1. The van der Waals surface area contributed by atoms with Gasteiger partial charge in [0, 0.05) is 103 Å². The van der Waals surface area contributed by atoms with Gasteiger partial charge in [-0.3, -0.25) is 29.3 Å². The molecule has 7 aliphatic rings. The lowest BCUT2D eigenvalue weighted by Crippen LogP contribution is -2.72. The molecule has 5 aromatic rings. The molecular formula is C55H63N9O9S. The molecule has 1 aliphatic carbocycles. The number of rotatable bonds is 10. The lowest BCUT2D eigenvalue weighted by Gasteiger charge is -2.53. The van der Waals surface area contributed by atoms with E-state index in [1.165, 1.54) is 17.7 Å². The number of amides is 2. The summed E-state index contributed by atoms with van der Waals surface area (Å²) in [5.74, 6) is 5.27. The van der Waals surface area contributed by atoms with Crippen LogP contribution in [0.3, 0.4) is 0 Å². The molecule has 0 unspecified atom stereocenters. The Morgan fingerprint density at radius 2 is 1.81 bits per heavy atom. The summed E-state index contributed by atoms with van der Waals surface area (Å²) >= 11 is 1.45. The fourth-order valence-corrected chi connectivity index (χ4v) is 12.1. The number of pyridine rings is 1. The van der Waals surface area contributed by atoms with Crippen molar-refractivity contribution in [3.05, 3.63) is 94.1 Å². The Morgan fingerprint density at radius 3 is 2.55 bits per heavy atom. The van der Waals surface area contributed by atoms with Gasteiger partial charge in [-0.05, 0) is 74.3 Å². The van der Waals surface area contributed by atoms with Crippen LogP contribution < -0.4 is 10.7 Å². The largest absolute Gasteiger partial charge is 0.464 e. The van der Waals surface area contributed by atoms with E-state index in [1.54, 1.807) is 30.7 Å². The fraction of sp³-hybridized carbons (Fsp3) is 0.509. The van der Waals surface area contributed by atoms with Gasteiger partial charge in [-0.15, -0.1) is 11.3 Å². The van der Waals surface area contributed by atoms with Gasteiger partial charge in [-0.2, -0.15) is 0 Å². The summed E-state index contributed by atoms with van der Waals surface area (Å²) in [6, 6.07) is 5.78. The minimum atomic E-state index is -1.11. The number of benzene rings is 1. The molecule has 6 aliphatic heterocycles. The molecule has 8 bridgehead atoms. The Morgan fingerprint density at radius 1 is 1.04 bits per heavy atom. The summed E-state index contributed by atoms with van der Waals surface area (Å²) < 4.78 is 38.5. The van der Waals surface area contributed by atoms with Gasteiger partial charge >= 0.3 is 5.97 Å². The van der Waals surface area contributed by atoms with E-state index in [-0.39, 0.29) is 37.2 Å². The molecule has 2 N–H and O–H groups in total. The number of aromatic nitrogens is 5. The molecule has 10 heterocycles. The van der Waals surface area contributed by atoms with Gasteiger partial charge in [0.1, 0.15) is 23.4 Å². The van der Waals surface area contributed by atoms with Crippen LogP contribution in [-0.4, -0.2) is 149 Å². The predicted octanol–water partition coefficient (Wildman–Crippen LogP) is 5.35. The zero-order chi connectivity index (χ0) is 51.1. The topological polar surface area (TPSA) is 194 Å². The predicted molar refractivity (Wildman–Crippen MR) is 274 cm³/mol. The first-order chi connectivity index (χ1) is 35.9. The van der Waals surface area contributed by atoms with Crippen molar-refractivity contribution in [2.24, 2.45) is 11.3 Å². The highest BCUT2D eigenvalue weighted by molar-refractivity contribution is 7.10. The highest BCUT2D eigenvalue weighted by atomic mass is 32.1. The number of hydrazine groups is 1. The van der Waals surface area contributed by atoms with Crippen LogP contribution in [0.1, 0.15) is 86.0 Å².